The molecule has 1 N–H and O–H groups in total. The van der Waals surface area contributed by atoms with Gasteiger partial charge in [-0.3, -0.25) is 0 Å². The highest BCUT2D eigenvalue weighted by atomic mass is 79.9. The highest BCUT2D eigenvalue weighted by Crippen LogP contribution is 2.29. The van der Waals surface area contributed by atoms with E-state index in [1.54, 1.807) is 11.8 Å². The zero-order valence-electron chi connectivity index (χ0n) is 11.1. The van der Waals surface area contributed by atoms with Crippen molar-refractivity contribution < 1.29 is 4.52 Å². The summed E-state index contributed by atoms with van der Waals surface area (Å²) in [5.74, 6) is 1.37. The normalized spacial score (nSPS) is 11.6. The van der Waals surface area contributed by atoms with Gasteiger partial charge < -0.3 is 9.84 Å². The summed E-state index contributed by atoms with van der Waals surface area (Å²) in [5.41, 5.74) is -0.0839. The Morgan fingerprint density at radius 2 is 2.05 bits per heavy atom. The van der Waals surface area contributed by atoms with Crippen LogP contribution in [0.4, 0.5) is 6.01 Å². The lowest BCUT2D eigenvalue weighted by Crippen LogP contribution is -2.26. The first-order chi connectivity index (χ1) is 8.94. The van der Waals surface area contributed by atoms with Crippen LogP contribution in [0.5, 0.6) is 0 Å². The number of nitrogens with one attached hydrogen (secondary N) is 1. The molecular formula is C13H16BrN3OS. The van der Waals surface area contributed by atoms with Gasteiger partial charge in [-0.1, -0.05) is 17.3 Å². The molecule has 0 fully saturated rings. The summed E-state index contributed by atoms with van der Waals surface area (Å²) >= 11 is 5.19. The van der Waals surface area contributed by atoms with E-state index in [9.17, 15) is 0 Å². The first-order valence-corrected chi connectivity index (χ1v) is 7.70. The Morgan fingerprint density at radius 3 is 2.74 bits per heavy atom. The monoisotopic (exact) mass is 341 g/mol. The van der Waals surface area contributed by atoms with Crippen LogP contribution in [-0.4, -0.2) is 15.7 Å². The van der Waals surface area contributed by atoms with E-state index in [1.807, 2.05) is 39.0 Å². The number of thioether (sulfide) groups is 1. The predicted molar refractivity (Wildman–Crippen MR) is 81.4 cm³/mol. The maximum atomic E-state index is 5.16. The van der Waals surface area contributed by atoms with E-state index in [2.05, 4.69) is 37.5 Å². The van der Waals surface area contributed by atoms with Crippen molar-refractivity contribution in [1.82, 2.24) is 10.1 Å². The summed E-state index contributed by atoms with van der Waals surface area (Å²) in [6.07, 6.45) is 0. The van der Waals surface area contributed by atoms with E-state index < -0.39 is 0 Å². The molecule has 2 rings (SSSR count). The first kappa shape index (κ1) is 14.4. The fourth-order valence-electron chi connectivity index (χ4n) is 1.39. The van der Waals surface area contributed by atoms with Crippen LogP contribution < -0.4 is 5.32 Å². The molecular weight excluding hydrogens is 326 g/mol. The molecule has 0 spiro atoms. The fraction of sp³-hybridized carbons (Fsp3) is 0.385. The van der Waals surface area contributed by atoms with Gasteiger partial charge in [-0.15, -0.1) is 11.8 Å². The second-order valence-corrected chi connectivity index (χ2v) is 6.98. The Balaban J connectivity index is 1.96. The third-order valence-corrected chi connectivity index (χ3v) is 4.17. The third kappa shape index (κ3) is 4.54. The van der Waals surface area contributed by atoms with Crippen LogP contribution in [0.3, 0.4) is 0 Å². The van der Waals surface area contributed by atoms with E-state index in [4.69, 9.17) is 4.52 Å². The van der Waals surface area contributed by atoms with Gasteiger partial charge in [0.05, 0.1) is 5.75 Å². The van der Waals surface area contributed by atoms with Gasteiger partial charge in [0, 0.05) is 14.9 Å². The fourth-order valence-corrected chi connectivity index (χ4v) is 2.80. The van der Waals surface area contributed by atoms with Crippen molar-refractivity contribution in [1.29, 1.82) is 0 Å². The smallest absolute Gasteiger partial charge is 0.321 e. The number of anilines is 1. The standard InChI is InChI=1S/C13H16BrN3OS/c1-13(2,3)16-12-15-11(17-18-12)8-19-10-7-5-4-6-9(10)14/h4-7H,8H2,1-3H3,(H,15,16,17). The number of rotatable bonds is 4. The molecule has 19 heavy (non-hydrogen) atoms. The molecule has 0 unspecified atom stereocenters. The Hall–Kier alpha value is -1.01. The number of hydrogen-bond acceptors (Lipinski definition) is 5. The Morgan fingerprint density at radius 1 is 1.32 bits per heavy atom. The zero-order valence-corrected chi connectivity index (χ0v) is 13.5. The van der Waals surface area contributed by atoms with Gasteiger partial charge >= 0.3 is 6.01 Å². The van der Waals surface area contributed by atoms with Crippen LogP contribution in [0.2, 0.25) is 0 Å². The molecule has 0 aliphatic heterocycles. The lowest BCUT2D eigenvalue weighted by Gasteiger charge is -2.17. The van der Waals surface area contributed by atoms with E-state index in [-0.39, 0.29) is 5.54 Å². The zero-order chi connectivity index (χ0) is 13.9. The maximum absolute atomic E-state index is 5.16. The molecule has 6 heteroatoms. The number of hydrogen-bond donors (Lipinski definition) is 1. The number of benzene rings is 1. The quantitative estimate of drug-likeness (QED) is 0.838. The average molecular weight is 342 g/mol. The molecule has 0 amide bonds. The van der Waals surface area contributed by atoms with Gasteiger partial charge in [0.1, 0.15) is 0 Å². The largest absolute Gasteiger partial charge is 0.333 e. The molecule has 2 aromatic rings. The minimum atomic E-state index is -0.0839. The lowest BCUT2D eigenvalue weighted by molar-refractivity contribution is 0.414. The van der Waals surface area contributed by atoms with Crippen LogP contribution in [0.25, 0.3) is 0 Å². The van der Waals surface area contributed by atoms with Gasteiger partial charge in [-0.2, -0.15) is 4.98 Å². The molecule has 0 saturated heterocycles. The van der Waals surface area contributed by atoms with Crippen molar-refractivity contribution in [3.05, 3.63) is 34.6 Å². The van der Waals surface area contributed by atoms with Gasteiger partial charge in [-0.25, -0.2) is 0 Å². The summed E-state index contributed by atoms with van der Waals surface area (Å²) in [7, 11) is 0. The molecule has 102 valence electrons. The van der Waals surface area contributed by atoms with E-state index in [0.717, 1.165) is 9.37 Å². The average Bonchev–Trinajstić information content (AvgIpc) is 2.73. The molecule has 0 saturated carbocycles. The van der Waals surface area contributed by atoms with Crippen LogP contribution in [0.1, 0.15) is 26.6 Å². The topological polar surface area (TPSA) is 51.0 Å². The summed E-state index contributed by atoms with van der Waals surface area (Å²) in [6.45, 7) is 6.14. The van der Waals surface area contributed by atoms with Crippen LogP contribution >= 0.6 is 27.7 Å². The van der Waals surface area contributed by atoms with Crippen molar-refractivity contribution in [3.8, 4) is 0 Å². The molecule has 0 radical (unpaired) electrons. The summed E-state index contributed by atoms with van der Waals surface area (Å²) < 4.78 is 6.24. The summed E-state index contributed by atoms with van der Waals surface area (Å²) in [4.78, 5) is 5.48. The molecule has 4 nitrogen and oxygen atoms in total. The van der Waals surface area contributed by atoms with Crippen LogP contribution in [-0.2, 0) is 5.75 Å². The Bertz CT molecular complexity index is 551. The van der Waals surface area contributed by atoms with E-state index in [1.165, 1.54) is 0 Å². The van der Waals surface area contributed by atoms with Crippen molar-refractivity contribution >= 4 is 33.7 Å². The molecule has 1 aromatic carbocycles. The van der Waals surface area contributed by atoms with Crippen molar-refractivity contribution in [3.63, 3.8) is 0 Å². The minimum absolute atomic E-state index is 0.0839. The highest BCUT2D eigenvalue weighted by Gasteiger charge is 2.14. The van der Waals surface area contributed by atoms with Crippen LogP contribution in [0.15, 0.2) is 38.2 Å². The Kier molecular flexibility index (Phi) is 4.52. The molecule has 0 aliphatic carbocycles. The number of halogens is 1. The predicted octanol–water partition coefficient (Wildman–Crippen LogP) is 4.33. The summed E-state index contributed by atoms with van der Waals surface area (Å²) in [5, 5.41) is 7.11. The molecule has 1 aromatic heterocycles. The second-order valence-electron chi connectivity index (χ2n) is 5.11. The minimum Gasteiger partial charge on any atom is -0.333 e. The molecule has 1 heterocycles. The van der Waals surface area contributed by atoms with E-state index in [0.29, 0.717) is 17.6 Å². The number of nitrogens with zero attached hydrogens (tertiary/aromatic N) is 2. The lowest BCUT2D eigenvalue weighted by atomic mass is 10.1. The van der Waals surface area contributed by atoms with Crippen LogP contribution in [0, 0.1) is 0 Å². The van der Waals surface area contributed by atoms with Gasteiger partial charge in [0.2, 0.25) is 0 Å². The molecule has 0 bridgehead atoms. The SMILES string of the molecule is CC(C)(C)Nc1nc(CSc2ccccc2Br)no1. The second kappa shape index (κ2) is 5.96. The Labute approximate surface area is 125 Å². The molecule has 0 atom stereocenters. The van der Waals surface area contributed by atoms with E-state index >= 15 is 0 Å². The summed E-state index contributed by atoms with van der Waals surface area (Å²) in [6, 6.07) is 8.55. The van der Waals surface area contributed by atoms with Gasteiger partial charge in [-0.05, 0) is 48.8 Å². The maximum Gasteiger partial charge on any atom is 0.321 e. The molecule has 0 aliphatic rings. The first-order valence-electron chi connectivity index (χ1n) is 5.92. The highest BCUT2D eigenvalue weighted by molar-refractivity contribution is 9.10. The van der Waals surface area contributed by atoms with Crippen molar-refractivity contribution in [2.24, 2.45) is 0 Å². The van der Waals surface area contributed by atoms with Gasteiger partial charge in [0.25, 0.3) is 0 Å². The van der Waals surface area contributed by atoms with Gasteiger partial charge in [0.15, 0.2) is 5.82 Å². The van der Waals surface area contributed by atoms with Crippen molar-refractivity contribution in [2.75, 3.05) is 5.32 Å². The third-order valence-electron chi connectivity index (χ3n) is 2.14. The number of aromatic nitrogens is 2. The van der Waals surface area contributed by atoms with Crippen molar-refractivity contribution in [2.45, 2.75) is 37.0 Å².